The van der Waals surface area contributed by atoms with Crippen LogP contribution >= 0.6 is 0 Å². The molecule has 0 spiro atoms. The van der Waals surface area contributed by atoms with Crippen molar-refractivity contribution in [3.8, 4) is 6.07 Å². The lowest BCUT2D eigenvalue weighted by Gasteiger charge is -2.00. The van der Waals surface area contributed by atoms with Crippen LogP contribution in [0.25, 0.3) is 0 Å². The molecular formula is C12H19N3O. The number of hydrogen-bond donors (Lipinski definition) is 1. The summed E-state index contributed by atoms with van der Waals surface area (Å²) >= 11 is 0. The fourth-order valence-electron chi connectivity index (χ4n) is 0.875. The fraction of sp³-hybridized carbons (Fsp3) is 0.417. The van der Waals surface area contributed by atoms with Crippen molar-refractivity contribution in [1.82, 2.24) is 10.3 Å². The standard InChI is InChI=1S/C9H9N3O.C3H8.H2/c1-2-11-9(13)8-5-3-4-7(6-10)12-8;1-3-2;/h3-5H,2H2,1H3,(H,11,13);3H2,1-2H3;1H. The van der Waals surface area contributed by atoms with Gasteiger partial charge in [-0.15, -0.1) is 0 Å². The van der Waals surface area contributed by atoms with Gasteiger partial charge in [0.25, 0.3) is 5.91 Å². The predicted octanol–water partition coefficient (Wildman–Crippen LogP) is 2.37. The molecule has 16 heavy (non-hydrogen) atoms. The van der Waals surface area contributed by atoms with Crippen LogP contribution in [0.1, 0.15) is 44.8 Å². The molecular weight excluding hydrogens is 202 g/mol. The van der Waals surface area contributed by atoms with E-state index in [2.05, 4.69) is 24.1 Å². The van der Waals surface area contributed by atoms with Gasteiger partial charge in [-0.05, 0) is 19.1 Å². The van der Waals surface area contributed by atoms with Crippen LogP contribution in [0.5, 0.6) is 0 Å². The van der Waals surface area contributed by atoms with E-state index >= 15 is 0 Å². The quantitative estimate of drug-likeness (QED) is 0.833. The van der Waals surface area contributed by atoms with Crippen molar-refractivity contribution in [1.29, 1.82) is 5.26 Å². The van der Waals surface area contributed by atoms with Crippen molar-refractivity contribution in [2.45, 2.75) is 27.2 Å². The number of amides is 1. The molecule has 88 valence electrons. The molecule has 0 aliphatic carbocycles. The van der Waals surface area contributed by atoms with Gasteiger partial charge in [-0.1, -0.05) is 26.3 Å². The lowest BCUT2D eigenvalue weighted by Crippen LogP contribution is -2.23. The second kappa shape index (κ2) is 8.42. The molecule has 1 N–H and O–H groups in total. The Balaban J connectivity index is 0. The summed E-state index contributed by atoms with van der Waals surface area (Å²) in [5, 5.41) is 11.1. The summed E-state index contributed by atoms with van der Waals surface area (Å²) in [6.07, 6.45) is 1.25. The van der Waals surface area contributed by atoms with Gasteiger partial charge in [0.05, 0.1) is 0 Å². The number of nitriles is 1. The van der Waals surface area contributed by atoms with E-state index in [1.807, 2.05) is 13.0 Å². The highest BCUT2D eigenvalue weighted by Crippen LogP contribution is 1.97. The molecule has 1 amide bonds. The summed E-state index contributed by atoms with van der Waals surface area (Å²) in [5.41, 5.74) is 0.532. The second-order valence-corrected chi connectivity index (χ2v) is 3.09. The van der Waals surface area contributed by atoms with Gasteiger partial charge >= 0.3 is 0 Å². The summed E-state index contributed by atoms with van der Waals surface area (Å²) in [6, 6.07) is 6.64. The van der Waals surface area contributed by atoms with E-state index in [1.165, 1.54) is 6.42 Å². The van der Waals surface area contributed by atoms with Gasteiger partial charge in [0.2, 0.25) is 0 Å². The third-order valence-electron chi connectivity index (χ3n) is 1.43. The van der Waals surface area contributed by atoms with Crippen LogP contribution in [0.3, 0.4) is 0 Å². The first kappa shape index (κ1) is 14.1. The van der Waals surface area contributed by atoms with Crippen molar-refractivity contribution >= 4 is 5.91 Å². The molecule has 1 aromatic rings. The maximum Gasteiger partial charge on any atom is 0.269 e. The molecule has 4 heteroatoms. The van der Waals surface area contributed by atoms with E-state index in [0.29, 0.717) is 6.54 Å². The Bertz CT molecular complexity index is 374. The van der Waals surface area contributed by atoms with Gasteiger partial charge in [-0.3, -0.25) is 4.79 Å². The van der Waals surface area contributed by atoms with E-state index in [4.69, 9.17) is 5.26 Å². The zero-order chi connectivity index (χ0) is 12.4. The molecule has 0 unspecified atom stereocenters. The molecule has 0 aliphatic heterocycles. The Morgan fingerprint density at radius 1 is 1.50 bits per heavy atom. The first-order chi connectivity index (χ1) is 7.69. The molecule has 0 aliphatic rings. The molecule has 1 rings (SSSR count). The summed E-state index contributed by atoms with van der Waals surface area (Å²) in [7, 11) is 0. The summed E-state index contributed by atoms with van der Waals surface area (Å²) in [5.74, 6) is -0.250. The number of aromatic nitrogens is 1. The number of nitrogens with one attached hydrogen (secondary N) is 1. The number of carbonyl (C=O) groups is 1. The summed E-state index contributed by atoms with van der Waals surface area (Å²) in [4.78, 5) is 15.1. The monoisotopic (exact) mass is 221 g/mol. The number of carbonyl (C=O) groups excluding carboxylic acids is 1. The first-order valence-electron chi connectivity index (χ1n) is 5.34. The van der Waals surface area contributed by atoms with E-state index in [9.17, 15) is 4.79 Å². The van der Waals surface area contributed by atoms with Crippen LogP contribution in [0.15, 0.2) is 18.2 Å². The summed E-state index contributed by atoms with van der Waals surface area (Å²) < 4.78 is 0. The van der Waals surface area contributed by atoms with Gasteiger partial charge in [0.1, 0.15) is 17.5 Å². The second-order valence-electron chi connectivity index (χ2n) is 3.09. The van der Waals surface area contributed by atoms with Gasteiger partial charge in [0, 0.05) is 7.97 Å². The third-order valence-corrected chi connectivity index (χ3v) is 1.43. The average Bonchev–Trinajstić information content (AvgIpc) is 2.30. The number of hydrogen-bond acceptors (Lipinski definition) is 3. The highest BCUT2D eigenvalue weighted by Gasteiger charge is 2.05. The smallest absolute Gasteiger partial charge is 0.269 e. The maximum atomic E-state index is 11.2. The topological polar surface area (TPSA) is 65.8 Å². The lowest BCUT2D eigenvalue weighted by molar-refractivity contribution is 0.0951. The molecule has 0 fully saturated rings. The molecule has 4 nitrogen and oxygen atoms in total. The van der Waals surface area contributed by atoms with E-state index in [-0.39, 0.29) is 18.7 Å². The minimum atomic E-state index is -0.250. The molecule has 0 radical (unpaired) electrons. The van der Waals surface area contributed by atoms with E-state index in [0.717, 1.165) is 0 Å². The van der Waals surface area contributed by atoms with Crippen LogP contribution in [0.4, 0.5) is 0 Å². The van der Waals surface area contributed by atoms with Crippen LogP contribution < -0.4 is 5.32 Å². The minimum absolute atomic E-state index is 0. The highest BCUT2D eigenvalue weighted by molar-refractivity contribution is 5.92. The Morgan fingerprint density at radius 3 is 2.62 bits per heavy atom. The molecule has 0 atom stereocenters. The van der Waals surface area contributed by atoms with E-state index < -0.39 is 0 Å². The van der Waals surface area contributed by atoms with Crippen molar-refractivity contribution < 1.29 is 6.22 Å². The molecule has 0 bridgehead atoms. The summed E-state index contributed by atoms with van der Waals surface area (Å²) in [6.45, 7) is 6.63. The maximum absolute atomic E-state index is 11.2. The molecule has 1 aromatic heterocycles. The van der Waals surface area contributed by atoms with Crippen molar-refractivity contribution in [2.24, 2.45) is 0 Å². The molecule has 0 saturated heterocycles. The van der Waals surface area contributed by atoms with Crippen LogP contribution in [-0.4, -0.2) is 17.4 Å². The molecule has 0 aromatic carbocycles. The molecule has 0 saturated carbocycles. The number of rotatable bonds is 2. The Kier molecular flexibility index (Phi) is 7.43. The normalized spacial score (nSPS) is 8.38. The Morgan fingerprint density at radius 2 is 2.12 bits per heavy atom. The average molecular weight is 221 g/mol. The van der Waals surface area contributed by atoms with Crippen molar-refractivity contribution in [3.05, 3.63) is 29.6 Å². The SMILES string of the molecule is CCC.CCNC(=O)c1cccc(C#N)n1.[HH]. The molecule has 1 heterocycles. The van der Waals surface area contributed by atoms with Gasteiger partial charge < -0.3 is 5.32 Å². The van der Waals surface area contributed by atoms with E-state index in [1.54, 1.807) is 18.2 Å². The van der Waals surface area contributed by atoms with Crippen molar-refractivity contribution in [2.75, 3.05) is 6.54 Å². The van der Waals surface area contributed by atoms with Crippen LogP contribution in [0, 0.1) is 11.3 Å². The van der Waals surface area contributed by atoms with Gasteiger partial charge in [-0.2, -0.15) is 5.26 Å². The van der Waals surface area contributed by atoms with Crippen LogP contribution in [-0.2, 0) is 0 Å². The van der Waals surface area contributed by atoms with Crippen molar-refractivity contribution in [3.63, 3.8) is 0 Å². The van der Waals surface area contributed by atoms with Crippen LogP contribution in [0.2, 0.25) is 0 Å². The lowest BCUT2D eigenvalue weighted by atomic mass is 10.3. The zero-order valence-corrected chi connectivity index (χ0v) is 9.95. The first-order valence-corrected chi connectivity index (χ1v) is 5.34. The minimum Gasteiger partial charge on any atom is -0.351 e. The third kappa shape index (κ3) is 5.11. The Labute approximate surface area is 97.8 Å². The fourth-order valence-corrected chi connectivity index (χ4v) is 0.875. The Hall–Kier alpha value is -1.89. The van der Waals surface area contributed by atoms with Gasteiger partial charge in [-0.25, -0.2) is 4.98 Å². The van der Waals surface area contributed by atoms with Gasteiger partial charge in [0.15, 0.2) is 0 Å². The predicted molar refractivity (Wildman–Crippen MR) is 65.0 cm³/mol. The zero-order valence-electron chi connectivity index (χ0n) is 9.95. The number of pyridine rings is 1. The highest BCUT2D eigenvalue weighted by atomic mass is 16.1. The number of nitrogens with zero attached hydrogens (tertiary/aromatic N) is 2. The largest absolute Gasteiger partial charge is 0.351 e.